The second kappa shape index (κ2) is 8.93. The number of nitrogens with one attached hydrogen (secondary N) is 1. The Hall–Kier alpha value is -2.54. The minimum Gasteiger partial charge on any atom is -0.494 e. The Balaban J connectivity index is 1.75. The molecule has 126 valence electrons. The first kappa shape index (κ1) is 17.8. The lowest BCUT2D eigenvalue weighted by Crippen LogP contribution is -2.20. The number of anilines is 1. The first-order chi connectivity index (χ1) is 11.6. The summed E-state index contributed by atoms with van der Waals surface area (Å²) in [4.78, 5) is 23.3. The summed E-state index contributed by atoms with van der Waals surface area (Å²) < 4.78 is 15.9. The third-order valence-electron chi connectivity index (χ3n) is 2.77. The van der Waals surface area contributed by atoms with E-state index in [4.69, 9.17) is 13.9 Å². The van der Waals surface area contributed by atoms with E-state index in [0.717, 1.165) is 5.75 Å². The smallest absolute Gasteiger partial charge is 0.331 e. The molecule has 1 N–H and O–H groups in total. The Labute approximate surface area is 147 Å². The van der Waals surface area contributed by atoms with Gasteiger partial charge < -0.3 is 19.2 Å². The van der Waals surface area contributed by atoms with Gasteiger partial charge in [-0.3, -0.25) is 4.79 Å². The van der Waals surface area contributed by atoms with E-state index in [9.17, 15) is 9.59 Å². The van der Waals surface area contributed by atoms with Gasteiger partial charge in [0, 0.05) is 11.8 Å². The topological polar surface area (TPSA) is 77.8 Å². The highest BCUT2D eigenvalue weighted by Gasteiger charge is 2.06. The Morgan fingerprint density at radius 1 is 1.21 bits per heavy atom. The van der Waals surface area contributed by atoms with Gasteiger partial charge in [0.05, 0.1) is 6.61 Å². The number of carbonyl (C=O) groups is 2. The van der Waals surface area contributed by atoms with Crippen molar-refractivity contribution in [1.82, 2.24) is 0 Å². The van der Waals surface area contributed by atoms with Crippen molar-refractivity contribution in [2.75, 3.05) is 18.5 Å². The van der Waals surface area contributed by atoms with Crippen molar-refractivity contribution in [3.05, 3.63) is 52.9 Å². The van der Waals surface area contributed by atoms with E-state index in [0.29, 0.717) is 22.7 Å². The molecule has 0 unspecified atom stereocenters. The summed E-state index contributed by atoms with van der Waals surface area (Å²) in [5.41, 5.74) is 0.593. The number of furan rings is 1. The molecule has 0 radical (unpaired) electrons. The van der Waals surface area contributed by atoms with Crippen LogP contribution in [0, 0.1) is 0 Å². The van der Waals surface area contributed by atoms with E-state index < -0.39 is 11.9 Å². The molecule has 0 saturated heterocycles. The van der Waals surface area contributed by atoms with Crippen molar-refractivity contribution in [3.8, 4) is 5.75 Å². The zero-order valence-electron chi connectivity index (χ0n) is 13.0. The van der Waals surface area contributed by atoms with Gasteiger partial charge in [0.1, 0.15) is 11.5 Å². The van der Waals surface area contributed by atoms with Crippen LogP contribution in [0.3, 0.4) is 0 Å². The van der Waals surface area contributed by atoms with E-state index in [-0.39, 0.29) is 6.61 Å². The number of amides is 1. The lowest BCUT2D eigenvalue weighted by Gasteiger charge is -2.07. The van der Waals surface area contributed by atoms with Gasteiger partial charge in [-0.25, -0.2) is 4.79 Å². The Kier molecular flexibility index (Phi) is 6.62. The van der Waals surface area contributed by atoms with Gasteiger partial charge in [-0.15, -0.1) is 0 Å². The number of hydrogen-bond donors (Lipinski definition) is 1. The van der Waals surface area contributed by atoms with Crippen LogP contribution in [0.5, 0.6) is 5.75 Å². The van der Waals surface area contributed by atoms with Gasteiger partial charge in [0.25, 0.3) is 5.91 Å². The zero-order chi connectivity index (χ0) is 17.4. The molecule has 24 heavy (non-hydrogen) atoms. The number of benzene rings is 1. The first-order valence-electron chi connectivity index (χ1n) is 7.19. The summed E-state index contributed by atoms with van der Waals surface area (Å²) in [6.45, 7) is 2.09. The van der Waals surface area contributed by atoms with E-state index in [2.05, 4.69) is 21.2 Å². The highest BCUT2D eigenvalue weighted by Crippen LogP contribution is 2.16. The van der Waals surface area contributed by atoms with Crippen LogP contribution < -0.4 is 10.1 Å². The molecule has 0 aliphatic carbocycles. The normalized spacial score (nSPS) is 10.6. The fraction of sp³-hybridized carbons (Fsp3) is 0.176. The van der Waals surface area contributed by atoms with Gasteiger partial charge in [-0.2, -0.15) is 0 Å². The second-order valence-electron chi connectivity index (χ2n) is 4.59. The first-order valence-corrected chi connectivity index (χ1v) is 7.99. The Morgan fingerprint density at radius 3 is 2.58 bits per heavy atom. The van der Waals surface area contributed by atoms with Crippen LogP contribution in [0.1, 0.15) is 12.7 Å². The van der Waals surface area contributed by atoms with Crippen molar-refractivity contribution in [3.63, 3.8) is 0 Å². The summed E-state index contributed by atoms with van der Waals surface area (Å²) in [6.07, 6.45) is 2.65. The molecule has 0 aliphatic heterocycles. The van der Waals surface area contributed by atoms with E-state index in [1.54, 1.807) is 36.4 Å². The van der Waals surface area contributed by atoms with Crippen molar-refractivity contribution in [2.24, 2.45) is 0 Å². The van der Waals surface area contributed by atoms with Crippen molar-refractivity contribution >= 4 is 39.6 Å². The summed E-state index contributed by atoms with van der Waals surface area (Å²) in [6, 6.07) is 10.3. The van der Waals surface area contributed by atoms with Gasteiger partial charge in [-0.1, -0.05) is 0 Å². The highest BCUT2D eigenvalue weighted by molar-refractivity contribution is 9.10. The molecule has 0 atom stereocenters. The summed E-state index contributed by atoms with van der Waals surface area (Å²) in [5, 5.41) is 2.62. The SMILES string of the molecule is CCOc1ccc(NC(=O)COC(=O)C=Cc2ccc(Br)o2)cc1. The standard InChI is InChI=1S/C17H16BrNO5/c1-2-22-13-5-3-12(4-6-13)19-16(20)11-23-17(21)10-8-14-7-9-15(18)24-14/h3-10H,2,11H2,1H3,(H,19,20). The maximum absolute atomic E-state index is 11.7. The third-order valence-corrected chi connectivity index (χ3v) is 3.20. The van der Waals surface area contributed by atoms with E-state index >= 15 is 0 Å². The number of esters is 1. The average Bonchev–Trinajstić information content (AvgIpc) is 2.98. The Morgan fingerprint density at radius 2 is 1.96 bits per heavy atom. The molecule has 2 rings (SSSR count). The fourth-order valence-corrected chi connectivity index (χ4v) is 2.07. The van der Waals surface area contributed by atoms with Crippen LogP contribution in [-0.2, 0) is 14.3 Å². The quantitative estimate of drug-likeness (QED) is 0.573. The lowest BCUT2D eigenvalue weighted by atomic mass is 10.3. The van der Waals surface area contributed by atoms with Crippen LogP contribution in [-0.4, -0.2) is 25.1 Å². The largest absolute Gasteiger partial charge is 0.494 e. The predicted octanol–water partition coefficient (Wildman–Crippen LogP) is 3.64. The monoisotopic (exact) mass is 393 g/mol. The average molecular weight is 394 g/mol. The van der Waals surface area contributed by atoms with Gasteiger partial charge in [0.2, 0.25) is 0 Å². The number of rotatable bonds is 7. The summed E-state index contributed by atoms with van der Waals surface area (Å²) in [5.74, 6) is 0.153. The van der Waals surface area contributed by atoms with Crippen LogP contribution >= 0.6 is 15.9 Å². The molecule has 1 aromatic heterocycles. The van der Waals surface area contributed by atoms with Gasteiger partial charge >= 0.3 is 5.97 Å². The Bertz CT molecular complexity index is 721. The molecule has 0 fully saturated rings. The highest BCUT2D eigenvalue weighted by atomic mass is 79.9. The number of hydrogen-bond acceptors (Lipinski definition) is 5. The van der Waals surface area contributed by atoms with Crippen LogP contribution in [0.4, 0.5) is 5.69 Å². The van der Waals surface area contributed by atoms with Crippen LogP contribution in [0.2, 0.25) is 0 Å². The van der Waals surface area contributed by atoms with Crippen LogP contribution in [0.15, 0.2) is 51.6 Å². The van der Waals surface area contributed by atoms with Gasteiger partial charge in [-0.05, 0) is 65.3 Å². The number of carbonyl (C=O) groups excluding carboxylic acids is 2. The van der Waals surface area contributed by atoms with Crippen molar-refractivity contribution in [1.29, 1.82) is 0 Å². The van der Waals surface area contributed by atoms with Crippen molar-refractivity contribution < 1.29 is 23.5 Å². The van der Waals surface area contributed by atoms with E-state index in [1.165, 1.54) is 12.2 Å². The molecule has 7 heteroatoms. The molecule has 1 aromatic carbocycles. The lowest BCUT2D eigenvalue weighted by molar-refractivity contribution is -0.142. The second-order valence-corrected chi connectivity index (χ2v) is 5.37. The molecule has 0 spiro atoms. The minimum absolute atomic E-state index is 0.377. The molecular weight excluding hydrogens is 378 g/mol. The van der Waals surface area contributed by atoms with Crippen molar-refractivity contribution in [2.45, 2.75) is 6.92 Å². The maximum Gasteiger partial charge on any atom is 0.331 e. The number of ether oxygens (including phenoxy) is 2. The molecule has 1 amide bonds. The van der Waals surface area contributed by atoms with Crippen LogP contribution in [0.25, 0.3) is 6.08 Å². The molecule has 2 aromatic rings. The molecular formula is C17H16BrNO5. The minimum atomic E-state index is -0.635. The fourth-order valence-electron chi connectivity index (χ4n) is 1.75. The van der Waals surface area contributed by atoms with Gasteiger partial charge in [0.15, 0.2) is 11.3 Å². The number of halogens is 1. The molecule has 0 aliphatic rings. The summed E-state index contributed by atoms with van der Waals surface area (Å²) >= 11 is 3.16. The summed E-state index contributed by atoms with van der Waals surface area (Å²) in [7, 11) is 0. The van der Waals surface area contributed by atoms with E-state index in [1.807, 2.05) is 6.92 Å². The molecule has 1 heterocycles. The molecule has 0 bridgehead atoms. The zero-order valence-corrected chi connectivity index (χ0v) is 14.5. The predicted molar refractivity (Wildman–Crippen MR) is 92.6 cm³/mol. The maximum atomic E-state index is 11.7. The molecule has 0 saturated carbocycles. The third kappa shape index (κ3) is 5.92. The molecule has 6 nitrogen and oxygen atoms in total.